The minimum absolute atomic E-state index is 0.0219. The topological polar surface area (TPSA) is 43.4 Å². The van der Waals surface area contributed by atoms with Crippen LogP contribution < -0.4 is 4.74 Å². The van der Waals surface area contributed by atoms with Crippen molar-refractivity contribution in [2.75, 3.05) is 0 Å². The van der Waals surface area contributed by atoms with Crippen LogP contribution in [0.2, 0.25) is 0 Å². The Morgan fingerprint density at radius 1 is 1.10 bits per heavy atom. The van der Waals surface area contributed by atoms with Crippen LogP contribution in [0.5, 0.6) is 5.75 Å². The lowest BCUT2D eigenvalue weighted by molar-refractivity contribution is 0.303. The molecule has 2 aromatic carbocycles. The van der Waals surface area contributed by atoms with Crippen molar-refractivity contribution in [3.05, 3.63) is 56.7 Å². The normalized spacial score (nSPS) is 11.4. The molecule has 0 aliphatic carbocycles. The summed E-state index contributed by atoms with van der Waals surface area (Å²) in [5.74, 6) is 0.110. The zero-order valence-electron chi connectivity index (χ0n) is 10.3. The Labute approximate surface area is 142 Å². The van der Waals surface area contributed by atoms with E-state index >= 15 is 0 Å². The Morgan fingerprint density at radius 2 is 1.81 bits per heavy atom. The molecular weight excluding hydrogens is 450 g/mol. The van der Waals surface area contributed by atoms with Crippen LogP contribution in [0.3, 0.4) is 0 Å². The fraction of sp³-hybridized carbons (Fsp3) is 0.0769. The second-order valence-electron chi connectivity index (χ2n) is 4.05. The maximum absolute atomic E-state index is 13.0. The second-order valence-corrected chi connectivity index (χ2v) is 8.33. The van der Waals surface area contributed by atoms with Crippen molar-refractivity contribution in [3.8, 4) is 5.75 Å². The zero-order valence-corrected chi connectivity index (χ0v) is 15.1. The minimum atomic E-state index is -3.78. The van der Waals surface area contributed by atoms with Gasteiger partial charge in [0.15, 0.2) is 0 Å². The molecule has 112 valence electrons. The molecule has 2 aromatic rings. The molecular formula is C13H8Br2ClFO3S. The molecule has 0 spiro atoms. The molecule has 0 aliphatic heterocycles. The van der Waals surface area contributed by atoms with Gasteiger partial charge < -0.3 is 4.74 Å². The third kappa shape index (κ3) is 4.42. The molecule has 0 radical (unpaired) electrons. The molecule has 21 heavy (non-hydrogen) atoms. The lowest BCUT2D eigenvalue weighted by atomic mass is 10.2. The highest BCUT2D eigenvalue weighted by atomic mass is 79.9. The molecule has 0 atom stereocenters. The largest absolute Gasteiger partial charge is 0.488 e. The first-order valence-corrected chi connectivity index (χ1v) is 9.48. The number of hydrogen-bond acceptors (Lipinski definition) is 3. The summed E-state index contributed by atoms with van der Waals surface area (Å²) in [5, 5.41) is 0. The molecule has 0 heterocycles. The van der Waals surface area contributed by atoms with Gasteiger partial charge in [-0.05, 0) is 46.3 Å². The van der Waals surface area contributed by atoms with Crippen LogP contribution in [0, 0.1) is 5.82 Å². The van der Waals surface area contributed by atoms with Crippen LogP contribution in [0.1, 0.15) is 5.56 Å². The lowest BCUT2D eigenvalue weighted by Crippen LogP contribution is -1.98. The van der Waals surface area contributed by atoms with Crippen molar-refractivity contribution in [2.45, 2.75) is 11.5 Å². The summed E-state index contributed by atoms with van der Waals surface area (Å²) >= 11 is 6.47. The second kappa shape index (κ2) is 6.64. The van der Waals surface area contributed by atoms with Crippen molar-refractivity contribution in [3.63, 3.8) is 0 Å². The average Bonchev–Trinajstić information content (AvgIpc) is 2.38. The quantitative estimate of drug-likeness (QED) is 0.615. The van der Waals surface area contributed by atoms with Crippen LogP contribution in [0.15, 0.2) is 50.2 Å². The molecule has 3 nitrogen and oxygen atoms in total. The van der Waals surface area contributed by atoms with Crippen LogP contribution in [0.4, 0.5) is 4.39 Å². The Kier molecular flexibility index (Phi) is 5.29. The van der Waals surface area contributed by atoms with Gasteiger partial charge in [-0.25, -0.2) is 12.8 Å². The number of ether oxygens (including phenoxy) is 1. The van der Waals surface area contributed by atoms with E-state index in [4.69, 9.17) is 15.4 Å². The molecule has 0 saturated heterocycles. The van der Waals surface area contributed by atoms with Crippen molar-refractivity contribution in [1.82, 2.24) is 0 Å². The molecule has 0 amide bonds. The van der Waals surface area contributed by atoms with E-state index in [1.54, 1.807) is 6.07 Å². The van der Waals surface area contributed by atoms with Crippen molar-refractivity contribution >= 4 is 51.6 Å². The highest BCUT2D eigenvalue weighted by Crippen LogP contribution is 2.30. The van der Waals surface area contributed by atoms with E-state index in [2.05, 4.69) is 31.9 Å². The molecule has 2 rings (SSSR count). The van der Waals surface area contributed by atoms with Gasteiger partial charge in [-0.3, -0.25) is 0 Å². The van der Waals surface area contributed by atoms with Crippen LogP contribution in [-0.4, -0.2) is 8.42 Å². The molecule has 0 aromatic heterocycles. The van der Waals surface area contributed by atoms with Gasteiger partial charge in [0.1, 0.15) is 18.2 Å². The van der Waals surface area contributed by atoms with Gasteiger partial charge in [0.25, 0.3) is 9.05 Å². The summed E-state index contributed by atoms with van der Waals surface area (Å²) in [6.07, 6.45) is 0. The van der Waals surface area contributed by atoms with Gasteiger partial charge in [0, 0.05) is 20.7 Å². The Bertz CT molecular complexity index is 781. The molecule has 0 saturated carbocycles. The third-order valence-electron chi connectivity index (χ3n) is 2.58. The summed E-state index contributed by atoms with van der Waals surface area (Å²) in [5.41, 5.74) is 0.761. The van der Waals surface area contributed by atoms with Gasteiger partial charge in [-0.15, -0.1) is 0 Å². The number of halogens is 4. The van der Waals surface area contributed by atoms with Gasteiger partial charge in [0.2, 0.25) is 0 Å². The highest BCUT2D eigenvalue weighted by Gasteiger charge is 2.13. The van der Waals surface area contributed by atoms with E-state index in [0.29, 0.717) is 14.7 Å². The summed E-state index contributed by atoms with van der Waals surface area (Å²) in [6.45, 7) is 0.201. The maximum atomic E-state index is 13.0. The van der Waals surface area contributed by atoms with Crippen molar-refractivity contribution in [1.29, 1.82) is 0 Å². The summed E-state index contributed by atoms with van der Waals surface area (Å²) in [4.78, 5) is -0.0219. The van der Waals surface area contributed by atoms with Gasteiger partial charge in [-0.1, -0.05) is 22.0 Å². The van der Waals surface area contributed by atoms with Gasteiger partial charge in [0.05, 0.1) is 9.37 Å². The van der Waals surface area contributed by atoms with E-state index in [0.717, 1.165) is 5.56 Å². The van der Waals surface area contributed by atoms with Crippen LogP contribution >= 0.6 is 42.5 Å². The fourth-order valence-corrected chi connectivity index (χ4v) is 3.43. The first-order valence-electron chi connectivity index (χ1n) is 5.58. The molecule has 0 unspecified atom stereocenters. The predicted molar refractivity (Wildman–Crippen MR) is 85.6 cm³/mol. The summed E-state index contributed by atoms with van der Waals surface area (Å²) in [7, 11) is 1.48. The maximum Gasteiger partial charge on any atom is 0.261 e. The summed E-state index contributed by atoms with van der Waals surface area (Å²) < 4.78 is 42.0. The lowest BCUT2D eigenvalue weighted by Gasteiger charge is -2.10. The molecule has 0 N–H and O–H groups in total. The van der Waals surface area contributed by atoms with Crippen molar-refractivity contribution < 1.29 is 17.5 Å². The number of hydrogen-bond donors (Lipinski definition) is 0. The number of benzene rings is 2. The highest BCUT2D eigenvalue weighted by molar-refractivity contribution is 9.10. The molecule has 0 bridgehead atoms. The fourth-order valence-electron chi connectivity index (χ4n) is 1.54. The van der Waals surface area contributed by atoms with Crippen LogP contribution in [-0.2, 0) is 15.7 Å². The van der Waals surface area contributed by atoms with E-state index in [1.165, 1.54) is 30.3 Å². The standard InChI is InChI=1S/C13H8Br2ClFO3S/c14-11-5-9(17)2-1-8(11)7-20-13-4-3-10(6-12(13)15)21(16,18)19/h1-6H,7H2. The first-order chi connectivity index (χ1) is 9.77. The van der Waals surface area contributed by atoms with E-state index in [1.807, 2.05) is 0 Å². The Balaban J connectivity index is 2.17. The van der Waals surface area contributed by atoms with Crippen molar-refractivity contribution in [2.24, 2.45) is 0 Å². The average molecular weight is 459 g/mol. The first kappa shape index (κ1) is 16.7. The monoisotopic (exact) mass is 456 g/mol. The van der Waals surface area contributed by atoms with Gasteiger partial charge in [-0.2, -0.15) is 0 Å². The van der Waals surface area contributed by atoms with E-state index in [-0.39, 0.29) is 17.3 Å². The minimum Gasteiger partial charge on any atom is -0.488 e. The smallest absolute Gasteiger partial charge is 0.261 e. The zero-order chi connectivity index (χ0) is 15.6. The molecule has 0 fully saturated rings. The molecule has 8 heteroatoms. The SMILES string of the molecule is O=S(=O)(Cl)c1ccc(OCc2ccc(F)cc2Br)c(Br)c1. The number of rotatable bonds is 4. The summed E-state index contributed by atoms with van der Waals surface area (Å²) in [6, 6.07) is 8.49. The Hall–Kier alpha value is -0.630. The van der Waals surface area contributed by atoms with E-state index in [9.17, 15) is 12.8 Å². The Morgan fingerprint density at radius 3 is 2.38 bits per heavy atom. The predicted octanol–water partition coefficient (Wildman–Crippen LogP) is 4.86. The van der Waals surface area contributed by atoms with Gasteiger partial charge >= 0.3 is 0 Å². The van der Waals surface area contributed by atoms with E-state index < -0.39 is 9.05 Å². The molecule has 0 aliphatic rings. The van der Waals surface area contributed by atoms with Crippen LogP contribution in [0.25, 0.3) is 0 Å². The third-order valence-corrected chi connectivity index (χ3v) is 5.29.